The molecule has 0 heterocycles. The van der Waals surface area contributed by atoms with Crippen LogP contribution in [-0.4, -0.2) is 30.7 Å². The third-order valence-electron chi connectivity index (χ3n) is 3.94. The van der Waals surface area contributed by atoms with Crippen molar-refractivity contribution in [3.05, 3.63) is 0 Å². The molecule has 0 aliphatic rings. The molecule has 2 nitrogen and oxygen atoms in total. The number of nitrogens with zero attached hydrogens (tertiary/aromatic N) is 1. The first-order chi connectivity index (χ1) is 8.24. The molecule has 0 saturated carbocycles. The van der Waals surface area contributed by atoms with Crippen molar-refractivity contribution >= 4 is 0 Å². The van der Waals surface area contributed by atoms with Crippen LogP contribution in [0.3, 0.4) is 0 Å². The fourth-order valence-corrected chi connectivity index (χ4v) is 2.64. The van der Waals surface area contributed by atoms with E-state index in [-0.39, 0.29) is 6.15 Å². The van der Waals surface area contributed by atoms with E-state index in [1.807, 2.05) is 0 Å². The second-order valence-corrected chi connectivity index (χ2v) is 5.65. The van der Waals surface area contributed by atoms with Crippen LogP contribution in [-0.2, 0) is 0 Å². The Bertz CT molecular complexity index is 120. The molecule has 0 amide bonds. The van der Waals surface area contributed by atoms with Gasteiger partial charge in [0.25, 0.3) is 0 Å². The largest absolute Gasteiger partial charge is 0.344 e. The van der Waals surface area contributed by atoms with Crippen LogP contribution in [0.5, 0.6) is 0 Å². The lowest BCUT2D eigenvalue weighted by atomic mass is 10.1. The van der Waals surface area contributed by atoms with Crippen molar-refractivity contribution in [3.63, 3.8) is 0 Å². The van der Waals surface area contributed by atoms with Gasteiger partial charge in [-0.15, -0.1) is 0 Å². The second kappa shape index (κ2) is 13.4. The average molecular weight is 260 g/mol. The van der Waals surface area contributed by atoms with Gasteiger partial charge in [-0.2, -0.15) is 0 Å². The molecule has 0 atom stereocenters. The molecule has 0 aliphatic heterocycles. The number of unbranched alkanes of at least 4 members (excludes halogenated alkanes) is 4. The Morgan fingerprint density at radius 1 is 0.500 bits per heavy atom. The summed E-state index contributed by atoms with van der Waals surface area (Å²) in [5, 5.41) is 0. The fraction of sp³-hybridized carbons (Fsp3) is 1.00. The van der Waals surface area contributed by atoms with Crippen LogP contribution < -0.4 is 6.15 Å². The number of quaternary nitrogens is 1. The quantitative estimate of drug-likeness (QED) is 0.482. The summed E-state index contributed by atoms with van der Waals surface area (Å²) >= 11 is 0. The molecule has 0 radical (unpaired) electrons. The highest BCUT2D eigenvalue weighted by Gasteiger charge is 2.24. The zero-order valence-corrected chi connectivity index (χ0v) is 13.6. The van der Waals surface area contributed by atoms with E-state index in [9.17, 15) is 0 Å². The number of rotatable bonds is 12. The summed E-state index contributed by atoms with van der Waals surface area (Å²) in [5.74, 6) is 0. The van der Waals surface area contributed by atoms with E-state index in [0.29, 0.717) is 0 Å². The van der Waals surface area contributed by atoms with Gasteiger partial charge in [-0.3, -0.25) is 0 Å². The van der Waals surface area contributed by atoms with Gasteiger partial charge < -0.3 is 10.6 Å². The predicted molar refractivity (Wildman–Crippen MR) is 84.4 cm³/mol. The Morgan fingerprint density at radius 2 is 0.722 bits per heavy atom. The van der Waals surface area contributed by atoms with Crippen molar-refractivity contribution in [1.82, 2.24) is 6.15 Å². The van der Waals surface area contributed by atoms with Crippen LogP contribution in [0.1, 0.15) is 79.1 Å². The van der Waals surface area contributed by atoms with E-state index >= 15 is 0 Å². The van der Waals surface area contributed by atoms with Crippen molar-refractivity contribution < 1.29 is 4.48 Å². The van der Waals surface area contributed by atoms with E-state index in [4.69, 9.17) is 0 Å². The lowest BCUT2D eigenvalue weighted by molar-refractivity contribution is -0.929. The van der Waals surface area contributed by atoms with E-state index < -0.39 is 0 Å². The van der Waals surface area contributed by atoms with Gasteiger partial charge in [-0.05, 0) is 25.7 Å². The Morgan fingerprint density at radius 3 is 0.889 bits per heavy atom. The van der Waals surface area contributed by atoms with Gasteiger partial charge in [0.15, 0.2) is 0 Å². The number of hydrogen-bond donors (Lipinski definition) is 1. The van der Waals surface area contributed by atoms with Crippen LogP contribution in [0.2, 0.25) is 0 Å². The summed E-state index contributed by atoms with van der Waals surface area (Å²) in [5.41, 5.74) is 0. The highest BCUT2D eigenvalue weighted by molar-refractivity contribution is 4.49. The molecule has 3 N–H and O–H groups in total. The maximum absolute atomic E-state index is 2.33. The Hall–Kier alpha value is -0.0800. The van der Waals surface area contributed by atoms with Gasteiger partial charge in [0.2, 0.25) is 0 Å². The molecular formula is C16H39N2+. The summed E-state index contributed by atoms with van der Waals surface area (Å²) < 4.78 is 1.42. The summed E-state index contributed by atoms with van der Waals surface area (Å²) in [6, 6.07) is 0. The molecule has 0 aromatic rings. The molecule has 0 aromatic carbocycles. The molecule has 0 saturated heterocycles. The molecule has 0 fully saturated rings. The van der Waals surface area contributed by atoms with Gasteiger partial charge >= 0.3 is 0 Å². The third-order valence-corrected chi connectivity index (χ3v) is 3.94. The van der Waals surface area contributed by atoms with Crippen LogP contribution in [0, 0.1) is 0 Å². The number of hydrogen-bond acceptors (Lipinski definition) is 1. The maximum atomic E-state index is 2.33. The molecule has 0 unspecified atom stereocenters. The summed E-state index contributed by atoms with van der Waals surface area (Å²) in [6.07, 6.45) is 11.1. The normalized spacial score (nSPS) is 11.3. The standard InChI is InChI=1S/C16H36N.H3N/c1-5-9-13-17(14-10-6-2,15-11-7-3)16-12-8-4;/h5-16H2,1-4H3;1H3/q+1;. The molecule has 0 aromatic heterocycles. The minimum Gasteiger partial charge on any atom is -0.344 e. The molecule has 112 valence electrons. The molecular weight excluding hydrogens is 220 g/mol. The summed E-state index contributed by atoms with van der Waals surface area (Å²) in [4.78, 5) is 0. The lowest BCUT2D eigenvalue weighted by Crippen LogP contribution is -2.50. The van der Waals surface area contributed by atoms with E-state index in [0.717, 1.165) is 0 Å². The maximum Gasteiger partial charge on any atom is 0.0786 e. The highest BCUT2D eigenvalue weighted by Crippen LogP contribution is 2.16. The van der Waals surface area contributed by atoms with Crippen molar-refractivity contribution in [3.8, 4) is 0 Å². The van der Waals surface area contributed by atoms with Gasteiger partial charge in [-0.25, -0.2) is 0 Å². The van der Waals surface area contributed by atoms with Crippen LogP contribution in [0.4, 0.5) is 0 Å². The first-order valence-electron chi connectivity index (χ1n) is 8.09. The first-order valence-corrected chi connectivity index (χ1v) is 8.09. The zero-order valence-electron chi connectivity index (χ0n) is 13.6. The molecule has 0 spiro atoms. The van der Waals surface area contributed by atoms with Gasteiger partial charge in [-0.1, -0.05) is 53.4 Å². The highest BCUT2D eigenvalue weighted by atomic mass is 15.3. The fourth-order valence-electron chi connectivity index (χ4n) is 2.64. The summed E-state index contributed by atoms with van der Waals surface area (Å²) in [6.45, 7) is 15.0. The van der Waals surface area contributed by atoms with Crippen LogP contribution >= 0.6 is 0 Å². The molecule has 0 aliphatic carbocycles. The molecule has 0 rings (SSSR count). The Labute approximate surface area is 116 Å². The van der Waals surface area contributed by atoms with E-state index in [1.165, 1.54) is 82.0 Å². The molecule has 18 heavy (non-hydrogen) atoms. The topological polar surface area (TPSA) is 35.0 Å². The van der Waals surface area contributed by atoms with Crippen molar-refractivity contribution in [1.29, 1.82) is 0 Å². The lowest BCUT2D eigenvalue weighted by Gasteiger charge is -2.39. The van der Waals surface area contributed by atoms with Gasteiger partial charge in [0, 0.05) is 0 Å². The van der Waals surface area contributed by atoms with Crippen molar-refractivity contribution in [2.24, 2.45) is 0 Å². The van der Waals surface area contributed by atoms with Crippen LogP contribution in [0.15, 0.2) is 0 Å². The smallest absolute Gasteiger partial charge is 0.0786 e. The Balaban J connectivity index is 0. The van der Waals surface area contributed by atoms with E-state index in [1.54, 1.807) is 0 Å². The van der Waals surface area contributed by atoms with Crippen molar-refractivity contribution in [2.45, 2.75) is 79.1 Å². The van der Waals surface area contributed by atoms with Crippen LogP contribution in [0.25, 0.3) is 0 Å². The Kier molecular flexibility index (Phi) is 15.0. The minimum absolute atomic E-state index is 0. The van der Waals surface area contributed by atoms with Gasteiger partial charge in [0.05, 0.1) is 26.2 Å². The zero-order chi connectivity index (χ0) is 13.0. The molecule has 0 bridgehead atoms. The van der Waals surface area contributed by atoms with Crippen molar-refractivity contribution in [2.75, 3.05) is 26.2 Å². The minimum atomic E-state index is 0. The molecule has 2 heteroatoms. The van der Waals surface area contributed by atoms with Gasteiger partial charge in [0.1, 0.15) is 0 Å². The predicted octanol–water partition coefficient (Wildman–Crippen LogP) is 5.17. The monoisotopic (exact) mass is 259 g/mol. The first kappa shape index (κ1) is 20.2. The average Bonchev–Trinajstić information content (AvgIpc) is 2.37. The summed E-state index contributed by atoms with van der Waals surface area (Å²) in [7, 11) is 0. The SMILES string of the molecule is CCCC[N+](CCCC)(CCCC)CCCC.N. The van der Waals surface area contributed by atoms with E-state index in [2.05, 4.69) is 27.7 Å². The third kappa shape index (κ3) is 8.93. The second-order valence-electron chi connectivity index (χ2n) is 5.65.